The van der Waals surface area contributed by atoms with Crippen LogP contribution in [0.4, 0.5) is 4.39 Å². The number of halogens is 1. The van der Waals surface area contributed by atoms with Gasteiger partial charge in [0.05, 0.1) is 0 Å². The number of para-hydroxylation sites is 1. The topological polar surface area (TPSA) is 32.9 Å². The Bertz CT molecular complexity index is 784. The van der Waals surface area contributed by atoms with E-state index in [1.165, 1.54) is 12.1 Å². The summed E-state index contributed by atoms with van der Waals surface area (Å²) in [5.41, 5.74) is 3.19. The normalized spacial score (nSPS) is 11.2. The lowest BCUT2D eigenvalue weighted by Gasteiger charge is -1.93. The van der Waals surface area contributed by atoms with Crippen molar-refractivity contribution in [2.24, 2.45) is 0 Å². The van der Waals surface area contributed by atoms with Gasteiger partial charge in [-0.25, -0.2) is 4.39 Å². The second-order valence-corrected chi connectivity index (χ2v) is 4.50. The Labute approximate surface area is 115 Å². The van der Waals surface area contributed by atoms with Gasteiger partial charge in [0, 0.05) is 22.2 Å². The van der Waals surface area contributed by atoms with Gasteiger partial charge in [-0.1, -0.05) is 36.4 Å². The molecule has 1 N–H and O–H groups in total. The number of nitrogens with one attached hydrogen (secondary N) is 1. The summed E-state index contributed by atoms with van der Waals surface area (Å²) >= 11 is 0. The molecule has 0 atom stereocenters. The van der Waals surface area contributed by atoms with Crippen LogP contribution in [0.5, 0.6) is 0 Å². The highest BCUT2D eigenvalue weighted by molar-refractivity contribution is 6.01. The number of carbonyl (C=O) groups is 1. The lowest BCUT2D eigenvalue weighted by atomic mass is 10.1. The van der Waals surface area contributed by atoms with Crippen molar-refractivity contribution in [3.63, 3.8) is 0 Å². The van der Waals surface area contributed by atoms with Gasteiger partial charge in [-0.3, -0.25) is 4.79 Å². The maximum absolute atomic E-state index is 12.8. The minimum Gasteiger partial charge on any atom is -0.354 e. The summed E-state index contributed by atoms with van der Waals surface area (Å²) < 4.78 is 12.8. The molecule has 2 nitrogen and oxygen atoms in total. The van der Waals surface area contributed by atoms with Gasteiger partial charge in [-0.2, -0.15) is 0 Å². The molecule has 1 aromatic heterocycles. The number of rotatable bonds is 3. The fourth-order valence-corrected chi connectivity index (χ4v) is 2.20. The first-order chi connectivity index (χ1) is 9.78. The Morgan fingerprint density at radius 2 is 1.70 bits per heavy atom. The van der Waals surface area contributed by atoms with Crippen molar-refractivity contribution in [2.75, 3.05) is 0 Å². The largest absolute Gasteiger partial charge is 0.354 e. The minimum absolute atomic E-state index is 0.263. The first-order valence-electron chi connectivity index (χ1n) is 6.27. The number of fused-ring (bicyclic) bond motifs is 1. The summed E-state index contributed by atoms with van der Waals surface area (Å²) in [6.45, 7) is 0. The number of hydrogen-bond donors (Lipinski definition) is 1. The van der Waals surface area contributed by atoms with E-state index in [0.29, 0.717) is 5.56 Å². The molecule has 0 amide bonds. The van der Waals surface area contributed by atoms with E-state index in [-0.39, 0.29) is 5.82 Å². The predicted molar refractivity (Wildman–Crippen MR) is 79.0 cm³/mol. The van der Waals surface area contributed by atoms with E-state index < -0.39 is 0 Å². The lowest BCUT2D eigenvalue weighted by Crippen LogP contribution is -1.81. The standard InChI is InChI=1S/C17H12FNO/c18-13-8-5-12(6-9-13)7-10-17-15(11-20)14-3-1-2-4-16(14)19-17/h1-11,19H/b10-7+. The van der Waals surface area contributed by atoms with Gasteiger partial charge in [0.15, 0.2) is 6.29 Å². The summed E-state index contributed by atoms with van der Waals surface area (Å²) in [7, 11) is 0. The fraction of sp³-hybridized carbons (Fsp3) is 0. The molecule has 3 rings (SSSR count). The van der Waals surface area contributed by atoms with E-state index >= 15 is 0 Å². The van der Waals surface area contributed by atoms with Crippen molar-refractivity contribution in [3.05, 3.63) is 71.2 Å². The molecule has 3 heteroatoms. The summed E-state index contributed by atoms with van der Waals surface area (Å²) in [6, 6.07) is 13.8. The second kappa shape index (κ2) is 5.13. The highest BCUT2D eigenvalue weighted by Crippen LogP contribution is 2.22. The zero-order valence-corrected chi connectivity index (χ0v) is 10.6. The van der Waals surface area contributed by atoms with Crippen molar-refractivity contribution >= 4 is 29.3 Å². The number of benzene rings is 2. The van der Waals surface area contributed by atoms with Crippen LogP contribution in [0.15, 0.2) is 48.5 Å². The van der Waals surface area contributed by atoms with E-state index in [9.17, 15) is 9.18 Å². The molecule has 0 saturated heterocycles. The summed E-state index contributed by atoms with van der Waals surface area (Å²) in [5.74, 6) is -0.263. The van der Waals surface area contributed by atoms with Crippen molar-refractivity contribution < 1.29 is 9.18 Å². The van der Waals surface area contributed by atoms with Gasteiger partial charge in [0.25, 0.3) is 0 Å². The Morgan fingerprint density at radius 3 is 2.45 bits per heavy atom. The van der Waals surface area contributed by atoms with E-state index in [1.807, 2.05) is 36.4 Å². The number of hydrogen-bond acceptors (Lipinski definition) is 1. The number of aldehydes is 1. The van der Waals surface area contributed by atoms with Gasteiger partial charge >= 0.3 is 0 Å². The third-order valence-corrected chi connectivity index (χ3v) is 3.21. The molecule has 2 aromatic carbocycles. The van der Waals surface area contributed by atoms with Crippen LogP contribution < -0.4 is 0 Å². The molecule has 0 aliphatic heterocycles. The van der Waals surface area contributed by atoms with Gasteiger partial charge in [0.1, 0.15) is 5.82 Å². The monoisotopic (exact) mass is 265 g/mol. The number of H-pyrrole nitrogens is 1. The van der Waals surface area contributed by atoms with Crippen LogP contribution in [0.1, 0.15) is 21.6 Å². The first kappa shape index (κ1) is 12.4. The molecule has 0 spiro atoms. The molecule has 1 heterocycles. The highest BCUT2D eigenvalue weighted by atomic mass is 19.1. The molecule has 3 aromatic rings. The van der Waals surface area contributed by atoms with Crippen LogP contribution in [0.3, 0.4) is 0 Å². The number of carbonyl (C=O) groups excluding carboxylic acids is 1. The quantitative estimate of drug-likeness (QED) is 0.704. The van der Waals surface area contributed by atoms with E-state index in [4.69, 9.17) is 0 Å². The van der Waals surface area contributed by atoms with Gasteiger partial charge < -0.3 is 4.98 Å². The molecule has 0 saturated carbocycles. The average molecular weight is 265 g/mol. The van der Waals surface area contributed by atoms with Gasteiger partial charge in [-0.15, -0.1) is 0 Å². The zero-order chi connectivity index (χ0) is 13.9. The smallest absolute Gasteiger partial charge is 0.152 e. The van der Waals surface area contributed by atoms with Crippen molar-refractivity contribution in [3.8, 4) is 0 Å². The molecule has 0 fully saturated rings. The number of aromatic amines is 1. The van der Waals surface area contributed by atoms with E-state index in [2.05, 4.69) is 4.98 Å². The summed E-state index contributed by atoms with van der Waals surface area (Å²) in [6.07, 6.45) is 4.53. The lowest BCUT2D eigenvalue weighted by molar-refractivity contribution is 0.112. The zero-order valence-electron chi connectivity index (χ0n) is 10.6. The molecule has 0 bridgehead atoms. The molecule has 0 aliphatic carbocycles. The third kappa shape index (κ3) is 2.26. The second-order valence-electron chi connectivity index (χ2n) is 4.50. The Morgan fingerprint density at radius 1 is 0.950 bits per heavy atom. The number of aromatic nitrogens is 1. The molecule has 20 heavy (non-hydrogen) atoms. The van der Waals surface area contributed by atoms with Crippen molar-refractivity contribution in [1.29, 1.82) is 0 Å². The van der Waals surface area contributed by atoms with Crippen molar-refractivity contribution in [2.45, 2.75) is 0 Å². The molecule has 0 aliphatic rings. The fourth-order valence-electron chi connectivity index (χ4n) is 2.20. The highest BCUT2D eigenvalue weighted by Gasteiger charge is 2.07. The Kier molecular flexibility index (Phi) is 3.17. The third-order valence-electron chi connectivity index (χ3n) is 3.21. The molecule has 0 radical (unpaired) electrons. The van der Waals surface area contributed by atoms with Crippen LogP contribution in [0.25, 0.3) is 23.1 Å². The van der Waals surface area contributed by atoms with Crippen LogP contribution in [0.2, 0.25) is 0 Å². The maximum Gasteiger partial charge on any atom is 0.152 e. The Hall–Kier alpha value is -2.68. The predicted octanol–water partition coefficient (Wildman–Crippen LogP) is 4.29. The summed E-state index contributed by atoms with van der Waals surface area (Å²) in [4.78, 5) is 14.5. The average Bonchev–Trinajstić information content (AvgIpc) is 2.84. The van der Waals surface area contributed by atoms with Gasteiger partial charge in [0.2, 0.25) is 0 Å². The van der Waals surface area contributed by atoms with E-state index in [0.717, 1.165) is 28.4 Å². The molecular formula is C17H12FNO. The first-order valence-corrected chi connectivity index (χ1v) is 6.27. The van der Waals surface area contributed by atoms with Crippen molar-refractivity contribution in [1.82, 2.24) is 4.98 Å². The molecule has 0 unspecified atom stereocenters. The molecular weight excluding hydrogens is 253 g/mol. The van der Waals surface area contributed by atoms with Crippen LogP contribution >= 0.6 is 0 Å². The Balaban J connectivity index is 2.02. The molecule has 98 valence electrons. The van der Waals surface area contributed by atoms with Crippen LogP contribution in [0, 0.1) is 5.82 Å². The minimum atomic E-state index is -0.263. The summed E-state index contributed by atoms with van der Waals surface area (Å²) in [5, 5.41) is 0.904. The van der Waals surface area contributed by atoms with Crippen LogP contribution in [-0.4, -0.2) is 11.3 Å². The van der Waals surface area contributed by atoms with Gasteiger partial charge in [-0.05, 0) is 29.8 Å². The maximum atomic E-state index is 12.8. The van der Waals surface area contributed by atoms with E-state index in [1.54, 1.807) is 12.1 Å². The van der Waals surface area contributed by atoms with Crippen LogP contribution in [-0.2, 0) is 0 Å². The SMILES string of the molecule is O=Cc1c(/C=C/c2ccc(F)cc2)[nH]c2ccccc12.